The lowest BCUT2D eigenvalue weighted by atomic mass is 10.2. The third-order valence-corrected chi connectivity index (χ3v) is 2.63. The van der Waals surface area contributed by atoms with Crippen LogP contribution in [0.3, 0.4) is 0 Å². The molecule has 0 unspecified atom stereocenters. The summed E-state index contributed by atoms with van der Waals surface area (Å²) in [5.41, 5.74) is -1.50. The van der Waals surface area contributed by atoms with E-state index in [-0.39, 0.29) is 19.6 Å². The minimum atomic E-state index is -4.52. The molecule has 112 valence electrons. The van der Waals surface area contributed by atoms with E-state index >= 15 is 0 Å². The molecule has 1 aromatic rings. The van der Waals surface area contributed by atoms with Crippen molar-refractivity contribution in [2.45, 2.75) is 38.9 Å². The van der Waals surface area contributed by atoms with Gasteiger partial charge in [-0.05, 0) is 12.5 Å². The number of rotatable bonds is 6. The van der Waals surface area contributed by atoms with Crippen LogP contribution >= 0.6 is 0 Å². The van der Waals surface area contributed by atoms with Crippen LogP contribution in [0.4, 0.5) is 13.2 Å². The summed E-state index contributed by atoms with van der Waals surface area (Å²) in [5, 5.41) is 0. The monoisotopic (exact) mass is 291 g/mol. The molecule has 1 aromatic heterocycles. The maximum Gasteiger partial charge on any atom is 0.417 e. The van der Waals surface area contributed by atoms with Crippen LogP contribution in [-0.4, -0.2) is 17.1 Å². The molecule has 0 saturated heterocycles. The van der Waals surface area contributed by atoms with Crippen LogP contribution in [0, 0.1) is 0 Å². The van der Waals surface area contributed by atoms with Gasteiger partial charge in [0, 0.05) is 18.8 Å². The van der Waals surface area contributed by atoms with Crippen LogP contribution in [0.1, 0.15) is 31.7 Å². The first-order valence-electron chi connectivity index (χ1n) is 6.28. The summed E-state index contributed by atoms with van der Waals surface area (Å²) in [6.45, 7) is 2.09. The Balaban J connectivity index is 2.64. The van der Waals surface area contributed by atoms with Crippen molar-refractivity contribution >= 4 is 5.97 Å². The van der Waals surface area contributed by atoms with Gasteiger partial charge in [-0.1, -0.05) is 13.3 Å². The molecule has 0 radical (unpaired) electrons. The number of nitrogens with zero attached hydrogens (tertiary/aromatic N) is 1. The molecule has 20 heavy (non-hydrogen) atoms. The van der Waals surface area contributed by atoms with E-state index in [0.29, 0.717) is 6.20 Å². The quantitative estimate of drug-likeness (QED) is 0.598. The van der Waals surface area contributed by atoms with E-state index in [4.69, 9.17) is 4.74 Å². The van der Waals surface area contributed by atoms with E-state index in [1.807, 2.05) is 6.92 Å². The molecule has 4 nitrogen and oxygen atoms in total. The molecule has 0 aliphatic carbocycles. The average molecular weight is 291 g/mol. The minimum absolute atomic E-state index is 0.131. The second kappa shape index (κ2) is 7.12. The molecule has 0 N–H and O–H groups in total. The molecule has 0 aliphatic rings. The summed E-state index contributed by atoms with van der Waals surface area (Å²) in [4.78, 5) is 22.7. The van der Waals surface area contributed by atoms with Gasteiger partial charge in [0.25, 0.3) is 5.56 Å². The van der Waals surface area contributed by atoms with Crippen molar-refractivity contribution in [3.05, 3.63) is 34.2 Å². The Bertz CT molecular complexity index is 508. The molecular weight excluding hydrogens is 275 g/mol. The molecule has 0 bridgehead atoms. The number of esters is 1. The third-order valence-electron chi connectivity index (χ3n) is 2.63. The Morgan fingerprint density at radius 3 is 2.65 bits per heavy atom. The normalized spacial score (nSPS) is 11.4. The first kappa shape index (κ1) is 16.3. The number of pyridine rings is 1. The van der Waals surface area contributed by atoms with E-state index in [1.165, 1.54) is 0 Å². The minimum Gasteiger partial charge on any atom is -0.466 e. The zero-order valence-electron chi connectivity index (χ0n) is 11.1. The smallest absolute Gasteiger partial charge is 0.417 e. The number of carbonyl (C=O) groups excluding carboxylic acids is 1. The topological polar surface area (TPSA) is 48.3 Å². The van der Waals surface area contributed by atoms with Crippen molar-refractivity contribution in [3.8, 4) is 0 Å². The molecule has 0 fully saturated rings. The van der Waals surface area contributed by atoms with Gasteiger partial charge < -0.3 is 9.30 Å². The number of hydrogen-bond acceptors (Lipinski definition) is 3. The van der Waals surface area contributed by atoms with Crippen LogP contribution < -0.4 is 5.56 Å². The number of ether oxygens (including phenoxy) is 1. The Morgan fingerprint density at radius 1 is 1.35 bits per heavy atom. The van der Waals surface area contributed by atoms with Crippen molar-refractivity contribution in [1.82, 2.24) is 4.57 Å². The lowest BCUT2D eigenvalue weighted by molar-refractivity contribution is -0.144. The van der Waals surface area contributed by atoms with Gasteiger partial charge in [-0.15, -0.1) is 0 Å². The first-order chi connectivity index (χ1) is 9.34. The van der Waals surface area contributed by atoms with Crippen molar-refractivity contribution in [3.63, 3.8) is 0 Å². The number of unbranched alkanes of at least 4 members (excludes halogenated alkanes) is 1. The van der Waals surface area contributed by atoms with Gasteiger partial charge in [0.15, 0.2) is 0 Å². The van der Waals surface area contributed by atoms with E-state index in [9.17, 15) is 22.8 Å². The fraction of sp³-hybridized carbons (Fsp3) is 0.538. The van der Waals surface area contributed by atoms with Crippen LogP contribution in [-0.2, 0) is 22.3 Å². The first-order valence-corrected chi connectivity index (χ1v) is 6.28. The third kappa shape index (κ3) is 5.07. The van der Waals surface area contributed by atoms with Gasteiger partial charge in [0.2, 0.25) is 0 Å². The molecule has 0 saturated carbocycles. The van der Waals surface area contributed by atoms with Gasteiger partial charge in [0.1, 0.15) is 0 Å². The van der Waals surface area contributed by atoms with E-state index in [1.54, 1.807) is 0 Å². The molecule has 0 amide bonds. The van der Waals surface area contributed by atoms with Crippen molar-refractivity contribution in [2.24, 2.45) is 0 Å². The summed E-state index contributed by atoms with van der Waals surface area (Å²) in [5.74, 6) is -0.525. The van der Waals surface area contributed by atoms with E-state index < -0.39 is 23.3 Å². The largest absolute Gasteiger partial charge is 0.466 e. The molecular formula is C13H16F3NO3. The highest BCUT2D eigenvalue weighted by atomic mass is 19.4. The summed E-state index contributed by atoms with van der Waals surface area (Å²) in [6, 6.07) is 1.56. The van der Waals surface area contributed by atoms with E-state index in [0.717, 1.165) is 29.5 Å². The summed E-state index contributed by atoms with van der Waals surface area (Å²) >= 11 is 0. The van der Waals surface area contributed by atoms with Gasteiger partial charge in [-0.2, -0.15) is 13.2 Å². The second-order valence-electron chi connectivity index (χ2n) is 4.27. The molecule has 0 atom stereocenters. The van der Waals surface area contributed by atoms with Crippen LogP contribution in [0.2, 0.25) is 0 Å². The number of aromatic nitrogens is 1. The predicted molar refractivity (Wildman–Crippen MR) is 66.2 cm³/mol. The van der Waals surface area contributed by atoms with E-state index in [2.05, 4.69) is 0 Å². The van der Waals surface area contributed by atoms with Crippen LogP contribution in [0.5, 0.6) is 0 Å². The highest BCUT2D eigenvalue weighted by molar-refractivity contribution is 5.69. The van der Waals surface area contributed by atoms with Gasteiger partial charge in [0.05, 0.1) is 18.6 Å². The lowest BCUT2D eigenvalue weighted by Gasteiger charge is -2.10. The maximum absolute atomic E-state index is 12.5. The number of alkyl halides is 3. The van der Waals surface area contributed by atoms with Gasteiger partial charge >= 0.3 is 12.1 Å². The highest BCUT2D eigenvalue weighted by Gasteiger charge is 2.31. The number of aryl methyl sites for hydroxylation is 1. The zero-order chi connectivity index (χ0) is 15.2. The van der Waals surface area contributed by atoms with Crippen LogP contribution in [0.25, 0.3) is 0 Å². The number of hydrogen-bond donors (Lipinski definition) is 0. The molecule has 0 aromatic carbocycles. The summed E-state index contributed by atoms with van der Waals surface area (Å²) in [7, 11) is 0. The van der Waals surface area contributed by atoms with Crippen molar-refractivity contribution in [1.29, 1.82) is 0 Å². The Hall–Kier alpha value is -1.79. The molecule has 0 spiro atoms. The van der Waals surface area contributed by atoms with Crippen LogP contribution in [0.15, 0.2) is 23.1 Å². The Morgan fingerprint density at radius 2 is 2.05 bits per heavy atom. The fourth-order valence-electron chi connectivity index (χ4n) is 1.49. The molecule has 0 aliphatic heterocycles. The lowest BCUT2D eigenvalue weighted by Crippen LogP contribution is -2.23. The van der Waals surface area contributed by atoms with Gasteiger partial charge in [-0.3, -0.25) is 9.59 Å². The molecule has 7 heteroatoms. The van der Waals surface area contributed by atoms with Crippen molar-refractivity contribution in [2.75, 3.05) is 6.61 Å². The second-order valence-corrected chi connectivity index (χ2v) is 4.27. The molecule has 1 heterocycles. The predicted octanol–water partition coefficient (Wildman–Crippen LogP) is 2.60. The fourth-order valence-corrected chi connectivity index (χ4v) is 1.49. The summed E-state index contributed by atoms with van der Waals surface area (Å²) < 4.78 is 43.2. The maximum atomic E-state index is 12.5. The summed E-state index contributed by atoms with van der Waals surface area (Å²) in [6.07, 6.45) is -2.33. The average Bonchev–Trinajstić information content (AvgIpc) is 2.36. The van der Waals surface area contributed by atoms with Gasteiger partial charge in [-0.25, -0.2) is 0 Å². The molecule has 1 rings (SSSR count). The number of halogens is 3. The van der Waals surface area contributed by atoms with Crippen molar-refractivity contribution < 1.29 is 22.7 Å². The Labute approximate surface area is 114 Å². The SMILES string of the molecule is CCCCOC(=O)CCn1cc(C(F)(F)F)ccc1=O. The number of carbonyl (C=O) groups is 1. The standard InChI is InChI=1S/C13H16F3NO3/c1-2-3-8-20-12(19)6-7-17-9-10(13(14,15)16)4-5-11(17)18/h4-5,9H,2-3,6-8H2,1H3. The Kier molecular flexibility index (Phi) is 5.79. The zero-order valence-corrected chi connectivity index (χ0v) is 11.1. The highest BCUT2D eigenvalue weighted by Crippen LogP contribution is 2.27.